The molecule has 0 saturated carbocycles. The fraction of sp³-hybridized carbons (Fsp3) is 0.500. The van der Waals surface area contributed by atoms with Crippen LogP contribution in [0.25, 0.3) is 6.08 Å². The largest absolute Gasteiger partial charge is 0.466 e. The normalized spacial score (nSPS) is 15.5. The zero-order valence-electron chi connectivity index (χ0n) is 16.7. The summed E-state index contributed by atoms with van der Waals surface area (Å²) in [4.78, 5) is 26.6. The van der Waals surface area contributed by atoms with Crippen LogP contribution in [0.1, 0.15) is 63.0 Å². The van der Waals surface area contributed by atoms with Crippen molar-refractivity contribution in [3.05, 3.63) is 40.3 Å². The molecule has 0 radical (unpaired) electrons. The van der Waals surface area contributed by atoms with E-state index in [2.05, 4.69) is 6.92 Å². The second-order valence-electron chi connectivity index (χ2n) is 6.98. The molecule has 1 fully saturated rings. The van der Waals surface area contributed by atoms with Crippen LogP contribution in [-0.2, 0) is 14.3 Å². The van der Waals surface area contributed by atoms with Crippen LogP contribution in [0.4, 0.5) is 0 Å². The molecular weight excluding hydrogens is 390 g/mol. The maximum absolute atomic E-state index is 12.6. The van der Waals surface area contributed by atoms with Crippen molar-refractivity contribution in [2.45, 2.75) is 58.8 Å². The van der Waals surface area contributed by atoms with Crippen molar-refractivity contribution in [1.82, 2.24) is 4.90 Å². The molecule has 2 rings (SSSR count). The molecule has 1 aliphatic heterocycles. The highest BCUT2D eigenvalue weighted by atomic mass is 32.2. The third kappa shape index (κ3) is 7.40. The highest BCUT2D eigenvalue weighted by molar-refractivity contribution is 8.26. The quantitative estimate of drug-likeness (QED) is 0.205. The predicted octanol–water partition coefficient (Wildman–Crippen LogP) is 5.49. The van der Waals surface area contributed by atoms with Crippen molar-refractivity contribution >= 4 is 46.3 Å². The summed E-state index contributed by atoms with van der Waals surface area (Å²) in [5, 5.41) is 0. The van der Waals surface area contributed by atoms with Gasteiger partial charge in [0.25, 0.3) is 5.91 Å². The Balaban J connectivity index is 1.70. The third-order valence-corrected chi connectivity index (χ3v) is 5.90. The van der Waals surface area contributed by atoms with E-state index in [0.29, 0.717) is 28.8 Å². The van der Waals surface area contributed by atoms with Crippen molar-refractivity contribution in [3.8, 4) is 0 Å². The summed E-state index contributed by atoms with van der Waals surface area (Å²) < 4.78 is 5.81. The minimum atomic E-state index is -0.122. The van der Waals surface area contributed by atoms with E-state index < -0.39 is 0 Å². The molecule has 0 unspecified atom stereocenters. The van der Waals surface area contributed by atoms with Crippen LogP contribution < -0.4 is 0 Å². The molecule has 0 N–H and O–H groups in total. The Bertz CT molecular complexity index is 713. The summed E-state index contributed by atoms with van der Waals surface area (Å²) in [5.41, 5.74) is 2.19. The number of hydrogen-bond donors (Lipinski definition) is 0. The molecule has 1 saturated heterocycles. The number of aryl methyl sites for hydroxylation is 1. The second kappa shape index (κ2) is 12.0. The van der Waals surface area contributed by atoms with Gasteiger partial charge in [0.15, 0.2) is 0 Å². The molecule has 4 nitrogen and oxygen atoms in total. The number of rotatable bonds is 11. The molecule has 1 aliphatic rings. The first-order valence-corrected chi connectivity index (χ1v) is 11.2. The molecule has 0 aromatic heterocycles. The highest BCUT2D eigenvalue weighted by Gasteiger charge is 2.31. The Kier molecular flexibility index (Phi) is 9.71. The van der Waals surface area contributed by atoms with Gasteiger partial charge in [0.2, 0.25) is 0 Å². The molecule has 0 atom stereocenters. The minimum absolute atomic E-state index is 0.0223. The van der Waals surface area contributed by atoms with Crippen molar-refractivity contribution in [1.29, 1.82) is 0 Å². The van der Waals surface area contributed by atoms with E-state index in [1.807, 2.05) is 37.3 Å². The lowest BCUT2D eigenvalue weighted by Gasteiger charge is -2.14. The van der Waals surface area contributed by atoms with Gasteiger partial charge in [-0.25, -0.2) is 0 Å². The van der Waals surface area contributed by atoms with Gasteiger partial charge in [-0.05, 0) is 37.8 Å². The van der Waals surface area contributed by atoms with Crippen LogP contribution in [0.2, 0.25) is 0 Å². The molecule has 1 aromatic rings. The van der Waals surface area contributed by atoms with Gasteiger partial charge >= 0.3 is 5.97 Å². The average molecular weight is 420 g/mol. The fourth-order valence-corrected chi connectivity index (χ4v) is 4.14. The fourth-order valence-electron chi connectivity index (χ4n) is 2.83. The van der Waals surface area contributed by atoms with Gasteiger partial charge in [-0.15, -0.1) is 0 Å². The van der Waals surface area contributed by atoms with Crippen LogP contribution in [-0.4, -0.2) is 34.2 Å². The van der Waals surface area contributed by atoms with Gasteiger partial charge in [0, 0.05) is 13.0 Å². The number of amides is 1. The van der Waals surface area contributed by atoms with Gasteiger partial charge in [-0.2, -0.15) is 0 Å². The number of nitrogens with zero attached hydrogens (tertiary/aromatic N) is 1. The second-order valence-corrected chi connectivity index (χ2v) is 8.66. The topological polar surface area (TPSA) is 46.6 Å². The van der Waals surface area contributed by atoms with Crippen LogP contribution in [0, 0.1) is 6.92 Å². The van der Waals surface area contributed by atoms with Gasteiger partial charge in [0.05, 0.1) is 11.5 Å². The van der Waals surface area contributed by atoms with Gasteiger partial charge in [0.1, 0.15) is 4.32 Å². The van der Waals surface area contributed by atoms with E-state index in [1.54, 1.807) is 4.90 Å². The van der Waals surface area contributed by atoms with Gasteiger partial charge in [-0.1, -0.05) is 80.0 Å². The lowest BCUT2D eigenvalue weighted by Crippen LogP contribution is -2.29. The maximum atomic E-state index is 12.6. The molecule has 152 valence electrons. The summed E-state index contributed by atoms with van der Waals surface area (Å²) in [7, 11) is 0. The number of unbranched alkanes of at least 4 members (excludes halogenated alkanes) is 4. The first-order chi connectivity index (χ1) is 13.5. The Morgan fingerprint density at radius 3 is 2.61 bits per heavy atom. The van der Waals surface area contributed by atoms with E-state index in [1.165, 1.54) is 17.3 Å². The van der Waals surface area contributed by atoms with Crippen LogP contribution in [0.3, 0.4) is 0 Å². The molecule has 28 heavy (non-hydrogen) atoms. The molecular formula is C22H29NO3S2. The molecule has 1 aromatic carbocycles. The summed E-state index contributed by atoms with van der Waals surface area (Å²) in [6.07, 6.45) is 7.97. The molecule has 1 amide bonds. The van der Waals surface area contributed by atoms with Crippen LogP contribution >= 0.6 is 24.0 Å². The number of hydrogen-bond acceptors (Lipinski definition) is 5. The third-order valence-electron chi connectivity index (χ3n) is 4.52. The smallest absolute Gasteiger partial charge is 0.305 e. The van der Waals surface area contributed by atoms with Crippen molar-refractivity contribution in [2.75, 3.05) is 13.2 Å². The lowest BCUT2D eigenvalue weighted by molar-refractivity contribution is -0.144. The maximum Gasteiger partial charge on any atom is 0.305 e. The Labute approximate surface area is 177 Å². The average Bonchev–Trinajstić information content (AvgIpc) is 2.94. The molecule has 6 heteroatoms. The highest BCUT2D eigenvalue weighted by Crippen LogP contribution is 2.32. The monoisotopic (exact) mass is 419 g/mol. The number of esters is 1. The SMILES string of the molecule is CCCCCOC(=O)CCCCCN1C(=O)C(=Cc2ccc(C)cc2)SC1=S. The van der Waals surface area contributed by atoms with Crippen molar-refractivity contribution in [3.63, 3.8) is 0 Å². The Hall–Kier alpha value is -1.66. The zero-order chi connectivity index (χ0) is 20.4. The summed E-state index contributed by atoms with van der Waals surface area (Å²) in [6, 6.07) is 8.06. The zero-order valence-corrected chi connectivity index (χ0v) is 18.4. The Morgan fingerprint density at radius 1 is 1.14 bits per heavy atom. The van der Waals surface area contributed by atoms with Crippen LogP contribution in [0.5, 0.6) is 0 Å². The van der Waals surface area contributed by atoms with Crippen LogP contribution in [0.15, 0.2) is 29.2 Å². The summed E-state index contributed by atoms with van der Waals surface area (Å²) >= 11 is 6.73. The number of carbonyl (C=O) groups is 2. The van der Waals surface area contributed by atoms with Crippen molar-refractivity contribution in [2.24, 2.45) is 0 Å². The molecule has 0 bridgehead atoms. The van der Waals surface area contributed by atoms with E-state index in [9.17, 15) is 9.59 Å². The number of ether oxygens (including phenoxy) is 1. The van der Waals surface area contributed by atoms with E-state index in [0.717, 1.165) is 44.1 Å². The first-order valence-electron chi connectivity index (χ1n) is 9.99. The summed E-state index contributed by atoms with van der Waals surface area (Å²) in [6.45, 7) is 5.28. The molecule has 1 heterocycles. The van der Waals surface area contributed by atoms with Crippen molar-refractivity contribution < 1.29 is 14.3 Å². The lowest BCUT2D eigenvalue weighted by atomic mass is 10.1. The standard InChI is InChI=1S/C22H29NO3S2/c1-3-4-8-15-26-20(24)9-6-5-7-14-23-21(25)19(28-22(23)27)16-18-12-10-17(2)11-13-18/h10-13,16H,3-9,14-15H2,1-2H3. The number of thioether (sulfide) groups is 1. The Morgan fingerprint density at radius 2 is 1.89 bits per heavy atom. The number of thiocarbonyl (C=S) groups is 1. The molecule has 0 spiro atoms. The minimum Gasteiger partial charge on any atom is -0.466 e. The van der Waals surface area contributed by atoms with E-state index >= 15 is 0 Å². The predicted molar refractivity (Wildman–Crippen MR) is 120 cm³/mol. The molecule has 0 aliphatic carbocycles. The summed E-state index contributed by atoms with van der Waals surface area (Å²) in [5.74, 6) is -0.145. The number of carbonyl (C=O) groups excluding carboxylic acids is 2. The number of benzene rings is 1. The first kappa shape index (κ1) is 22.6. The van der Waals surface area contributed by atoms with E-state index in [4.69, 9.17) is 17.0 Å². The van der Waals surface area contributed by atoms with Gasteiger partial charge < -0.3 is 4.74 Å². The van der Waals surface area contributed by atoms with Gasteiger partial charge in [-0.3, -0.25) is 14.5 Å². The van der Waals surface area contributed by atoms with E-state index in [-0.39, 0.29) is 11.9 Å².